The summed E-state index contributed by atoms with van der Waals surface area (Å²) >= 11 is 0. The Morgan fingerprint density at radius 3 is 2.54 bits per heavy atom. The summed E-state index contributed by atoms with van der Waals surface area (Å²) in [7, 11) is 0. The second-order valence-corrected chi connectivity index (χ2v) is 6.49. The van der Waals surface area contributed by atoms with E-state index in [1.807, 2.05) is 24.0 Å². The van der Waals surface area contributed by atoms with Crippen molar-refractivity contribution in [2.75, 3.05) is 6.54 Å². The zero-order chi connectivity index (χ0) is 17.1. The quantitative estimate of drug-likeness (QED) is 0.905. The van der Waals surface area contributed by atoms with Gasteiger partial charge in [-0.1, -0.05) is 31.2 Å². The molecular weight excluding hydrogens is 305 g/mol. The third kappa shape index (κ3) is 3.58. The van der Waals surface area contributed by atoms with Crippen molar-refractivity contribution in [1.82, 2.24) is 4.90 Å². The van der Waals surface area contributed by atoms with E-state index in [0.717, 1.165) is 30.5 Å². The molecule has 3 nitrogen and oxygen atoms in total. The minimum atomic E-state index is -0.260. The SMILES string of the molecule is CC(CC(=O)N1CCCC1c1ccc(O)cc1)c1ccc(F)cc1. The highest BCUT2D eigenvalue weighted by atomic mass is 19.1. The molecule has 0 spiro atoms. The third-order valence-corrected chi connectivity index (χ3v) is 4.77. The van der Waals surface area contributed by atoms with Gasteiger partial charge in [-0.25, -0.2) is 4.39 Å². The van der Waals surface area contributed by atoms with Gasteiger partial charge in [0.05, 0.1) is 6.04 Å². The van der Waals surface area contributed by atoms with Gasteiger partial charge in [-0.15, -0.1) is 0 Å². The normalized spacial score (nSPS) is 18.6. The molecule has 2 aromatic rings. The summed E-state index contributed by atoms with van der Waals surface area (Å²) in [5.41, 5.74) is 2.04. The minimum absolute atomic E-state index is 0.0548. The van der Waals surface area contributed by atoms with Gasteiger partial charge in [0.15, 0.2) is 0 Å². The molecule has 2 unspecified atom stereocenters. The Morgan fingerprint density at radius 2 is 1.88 bits per heavy atom. The molecule has 0 aromatic heterocycles. The van der Waals surface area contributed by atoms with Gasteiger partial charge in [-0.05, 0) is 54.2 Å². The van der Waals surface area contributed by atoms with Crippen LogP contribution in [0.4, 0.5) is 4.39 Å². The fourth-order valence-electron chi connectivity index (χ4n) is 3.40. The highest BCUT2D eigenvalue weighted by Crippen LogP contribution is 2.34. The predicted octanol–water partition coefficient (Wildman–Crippen LogP) is 4.39. The van der Waals surface area contributed by atoms with Crippen LogP contribution in [0, 0.1) is 5.82 Å². The summed E-state index contributed by atoms with van der Waals surface area (Å²) < 4.78 is 13.0. The summed E-state index contributed by atoms with van der Waals surface area (Å²) in [6.07, 6.45) is 2.35. The van der Waals surface area contributed by atoms with Gasteiger partial charge in [0, 0.05) is 13.0 Å². The summed E-state index contributed by atoms with van der Waals surface area (Å²) in [5, 5.41) is 9.43. The molecule has 1 aliphatic heterocycles. The van der Waals surface area contributed by atoms with Crippen LogP contribution in [0.3, 0.4) is 0 Å². The Morgan fingerprint density at radius 1 is 1.21 bits per heavy atom. The van der Waals surface area contributed by atoms with Crippen LogP contribution in [0.1, 0.15) is 49.3 Å². The predicted molar refractivity (Wildman–Crippen MR) is 91.2 cm³/mol. The maximum absolute atomic E-state index is 13.0. The lowest BCUT2D eigenvalue weighted by Gasteiger charge is -2.26. The van der Waals surface area contributed by atoms with Gasteiger partial charge in [0.2, 0.25) is 5.91 Å². The first-order valence-corrected chi connectivity index (χ1v) is 8.38. The van der Waals surface area contributed by atoms with E-state index in [1.165, 1.54) is 12.1 Å². The lowest BCUT2D eigenvalue weighted by atomic mass is 9.96. The van der Waals surface area contributed by atoms with Crippen molar-refractivity contribution in [1.29, 1.82) is 0 Å². The molecule has 1 heterocycles. The monoisotopic (exact) mass is 327 g/mol. The van der Waals surface area contributed by atoms with Gasteiger partial charge < -0.3 is 10.0 Å². The van der Waals surface area contributed by atoms with Crippen molar-refractivity contribution in [3.8, 4) is 5.75 Å². The molecule has 126 valence electrons. The maximum atomic E-state index is 13.0. The second kappa shape index (κ2) is 7.04. The van der Waals surface area contributed by atoms with Crippen LogP contribution < -0.4 is 0 Å². The number of rotatable bonds is 4. The lowest BCUT2D eigenvalue weighted by molar-refractivity contribution is -0.132. The molecule has 1 fully saturated rings. The number of hydrogen-bond acceptors (Lipinski definition) is 2. The summed E-state index contributed by atoms with van der Waals surface area (Å²) in [5.74, 6) is 0.158. The molecule has 0 aliphatic carbocycles. The molecule has 1 aliphatic rings. The Bertz CT molecular complexity index is 697. The van der Waals surface area contributed by atoms with Crippen LogP contribution in [0.25, 0.3) is 0 Å². The fraction of sp³-hybridized carbons (Fsp3) is 0.350. The minimum Gasteiger partial charge on any atom is -0.508 e. The highest BCUT2D eigenvalue weighted by Gasteiger charge is 2.30. The van der Waals surface area contributed by atoms with Crippen LogP contribution in [0.2, 0.25) is 0 Å². The highest BCUT2D eigenvalue weighted by molar-refractivity contribution is 5.78. The van der Waals surface area contributed by atoms with E-state index < -0.39 is 0 Å². The largest absolute Gasteiger partial charge is 0.508 e. The molecular formula is C20H22FNO2. The van der Waals surface area contributed by atoms with Crippen LogP contribution in [-0.4, -0.2) is 22.5 Å². The van der Waals surface area contributed by atoms with Gasteiger partial charge >= 0.3 is 0 Å². The van der Waals surface area contributed by atoms with E-state index in [0.29, 0.717) is 6.42 Å². The van der Waals surface area contributed by atoms with Crippen molar-refractivity contribution >= 4 is 5.91 Å². The number of likely N-dealkylation sites (tertiary alicyclic amines) is 1. The average Bonchev–Trinajstić information content (AvgIpc) is 3.06. The number of phenolic OH excluding ortho intramolecular Hbond substituents is 1. The van der Waals surface area contributed by atoms with Crippen molar-refractivity contribution < 1.29 is 14.3 Å². The zero-order valence-corrected chi connectivity index (χ0v) is 13.8. The van der Waals surface area contributed by atoms with Crippen LogP contribution in [0.5, 0.6) is 5.75 Å². The summed E-state index contributed by atoms with van der Waals surface area (Å²) in [4.78, 5) is 14.7. The summed E-state index contributed by atoms with van der Waals surface area (Å²) in [6.45, 7) is 2.76. The Balaban J connectivity index is 1.69. The van der Waals surface area contributed by atoms with Gasteiger partial charge in [0.25, 0.3) is 0 Å². The Labute approximate surface area is 141 Å². The molecule has 1 saturated heterocycles. The van der Waals surface area contributed by atoms with E-state index in [4.69, 9.17) is 0 Å². The maximum Gasteiger partial charge on any atom is 0.223 e. The van der Waals surface area contributed by atoms with Crippen molar-refractivity contribution in [2.24, 2.45) is 0 Å². The summed E-state index contributed by atoms with van der Waals surface area (Å²) in [6, 6.07) is 13.5. The van der Waals surface area contributed by atoms with Gasteiger partial charge in [0.1, 0.15) is 11.6 Å². The number of amides is 1. The lowest BCUT2D eigenvalue weighted by Crippen LogP contribution is -2.31. The number of aromatic hydroxyl groups is 1. The fourth-order valence-corrected chi connectivity index (χ4v) is 3.40. The van der Waals surface area contributed by atoms with Crippen molar-refractivity contribution in [2.45, 2.75) is 38.1 Å². The molecule has 24 heavy (non-hydrogen) atoms. The van der Waals surface area contributed by atoms with E-state index in [-0.39, 0.29) is 29.4 Å². The van der Waals surface area contributed by atoms with E-state index in [2.05, 4.69) is 0 Å². The molecule has 2 aromatic carbocycles. The van der Waals surface area contributed by atoms with Crippen molar-refractivity contribution in [3.05, 3.63) is 65.5 Å². The molecule has 1 amide bonds. The number of carbonyl (C=O) groups excluding carboxylic acids is 1. The number of phenols is 1. The molecule has 4 heteroatoms. The standard InChI is InChI=1S/C20H22FNO2/c1-14(15-4-8-17(21)9-5-15)13-20(24)22-12-2-3-19(22)16-6-10-18(23)11-7-16/h4-11,14,19,23H,2-3,12-13H2,1H3. The van der Waals surface area contributed by atoms with Crippen LogP contribution >= 0.6 is 0 Å². The molecule has 0 bridgehead atoms. The number of halogens is 1. The average molecular weight is 327 g/mol. The first-order chi connectivity index (χ1) is 11.5. The van der Waals surface area contributed by atoms with Crippen molar-refractivity contribution in [3.63, 3.8) is 0 Å². The Hall–Kier alpha value is -2.36. The number of hydrogen-bond donors (Lipinski definition) is 1. The number of nitrogens with zero attached hydrogens (tertiary/aromatic N) is 1. The Kier molecular flexibility index (Phi) is 4.84. The van der Waals surface area contributed by atoms with Crippen LogP contribution in [0.15, 0.2) is 48.5 Å². The zero-order valence-electron chi connectivity index (χ0n) is 13.8. The van der Waals surface area contributed by atoms with Gasteiger partial charge in [-0.3, -0.25) is 4.79 Å². The molecule has 0 saturated carbocycles. The smallest absolute Gasteiger partial charge is 0.223 e. The molecule has 2 atom stereocenters. The number of carbonyl (C=O) groups is 1. The first-order valence-electron chi connectivity index (χ1n) is 8.38. The molecule has 1 N–H and O–H groups in total. The molecule has 3 rings (SSSR count). The van der Waals surface area contributed by atoms with E-state index in [1.54, 1.807) is 24.3 Å². The molecule has 0 radical (unpaired) electrons. The topological polar surface area (TPSA) is 40.5 Å². The first kappa shape index (κ1) is 16.5. The number of benzene rings is 2. The van der Waals surface area contributed by atoms with E-state index in [9.17, 15) is 14.3 Å². The third-order valence-electron chi connectivity index (χ3n) is 4.77. The second-order valence-electron chi connectivity index (χ2n) is 6.49. The van der Waals surface area contributed by atoms with Crippen LogP contribution in [-0.2, 0) is 4.79 Å². The van der Waals surface area contributed by atoms with E-state index >= 15 is 0 Å². The van der Waals surface area contributed by atoms with Gasteiger partial charge in [-0.2, -0.15) is 0 Å².